The number of nitrogens with zero attached hydrogens (tertiary/aromatic N) is 5. The number of H-pyrrole nitrogens is 1. The van der Waals surface area contributed by atoms with Crippen molar-refractivity contribution in [2.75, 3.05) is 20.2 Å². The fraction of sp³-hybridized carbons (Fsp3) is 0.538. The summed E-state index contributed by atoms with van der Waals surface area (Å²) in [6, 6.07) is 0. The Bertz CT molecular complexity index is 656. The first-order chi connectivity index (χ1) is 10.6. The smallest absolute Gasteiger partial charge is 0.275 e. The maximum atomic E-state index is 12.4. The highest BCUT2D eigenvalue weighted by Crippen LogP contribution is 2.29. The molecule has 1 fully saturated rings. The third kappa shape index (κ3) is 2.84. The summed E-state index contributed by atoms with van der Waals surface area (Å²) in [4.78, 5) is 18.2. The Labute approximate surface area is 132 Å². The molecule has 0 aliphatic carbocycles. The summed E-state index contributed by atoms with van der Waals surface area (Å²) in [7, 11) is 3.44. The predicted molar refractivity (Wildman–Crippen MR) is 78.7 cm³/mol. The summed E-state index contributed by atoms with van der Waals surface area (Å²) in [6.07, 6.45) is 3.82. The molecular weight excluding hydrogens is 308 g/mol. The molecule has 9 heteroatoms. The van der Waals surface area contributed by atoms with E-state index in [1.807, 2.05) is 0 Å². The lowest BCUT2D eigenvalue weighted by Gasteiger charge is -2.23. The summed E-state index contributed by atoms with van der Waals surface area (Å²) in [5.74, 6) is 0.675. The van der Waals surface area contributed by atoms with Gasteiger partial charge in [-0.25, -0.2) is 4.98 Å². The van der Waals surface area contributed by atoms with E-state index in [1.54, 1.807) is 25.2 Å². The minimum absolute atomic E-state index is 0.108. The monoisotopic (exact) mass is 324 g/mol. The highest BCUT2D eigenvalue weighted by Gasteiger charge is 2.34. The van der Waals surface area contributed by atoms with Crippen LogP contribution in [0.4, 0.5) is 0 Å². The number of hydrogen-bond acceptors (Lipinski definition) is 5. The molecule has 2 aromatic heterocycles. The van der Waals surface area contributed by atoms with Gasteiger partial charge in [0.15, 0.2) is 5.69 Å². The summed E-state index contributed by atoms with van der Waals surface area (Å²) in [6.45, 7) is 1.08. The number of aromatic amines is 1. The van der Waals surface area contributed by atoms with Crippen molar-refractivity contribution in [2.45, 2.75) is 18.4 Å². The van der Waals surface area contributed by atoms with Crippen molar-refractivity contribution in [3.8, 4) is 0 Å². The van der Waals surface area contributed by atoms with Crippen LogP contribution >= 0.6 is 11.6 Å². The molecule has 0 bridgehead atoms. The molecule has 1 aliphatic heterocycles. The van der Waals surface area contributed by atoms with Gasteiger partial charge in [-0.1, -0.05) is 11.6 Å². The molecule has 0 unspecified atom stereocenters. The van der Waals surface area contributed by atoms with E-state index in [2.05, 4.69) is 20.3 Å². The molecule has 8 nitrogen and oxygen atoms in total. The Kier molecular flexibility index (Phi) is 4.12. The molecule has 3 rings (SSSR count). The predicted octanol–water partition coefficient (Wildman–Crippen LogP) is 0.836. The molecule has 22 heavy (non-hydrogen) atoms. The summed E-state index contributed by atoms with van der Waals surface area (Å²) >= 11 is 6.03. The second-order valence-corrected chi connectivity index (χ2v) is 5.77. The number of carbonyl (C=O) groups excluding carboxylic acids is 1. The molecule has 3 heterocycles. The number of aromatic nitrogens is 5. The molecule has 0 radical (unpaired) electrons. The van der Waals surface area contributed by atoms with Gasteiger partial charge >= 0.3 is 0 Å². The van der Waals surface area contributed by atoms with Crippen molar-refractivity contribution < 1.29 is 9.53 Å². The molecule has 1 aliphatic rings. The van der Waals surface area contributed by atoms with Crippen LogP contribution in [0.1, 0.15) is 28.7 Å². The first kappa shape index (κ1) is 15.0. The van der Waals surface area contributed by atoms with E-state index < -0.39 is 0 Å². The largest absolute Gasteiger partial charge is 0.376 e. The zero-order valence-electron chi connectivity index (χ0n) is 12.4. The molecule has 0 saturated carbocycles. The van der Waals surface area contributed by atoms with Crippen molar-refractivity contribution in [2.24, 2.45) is 7.05 Å². The van der Waals surface area contributed by atoms with E-state index in [0.29, 0.717) is 18.2 Å². The third-order valence-corrected chi connectivity index (χ3v) is 4.06. The topological polar surface area (TPSA) is 88.9 Å². The maximum absolute atomic E-state index is 12.4. The number of halogens is 1. The van der Waals surface area contributed by atoms with E-state index in [1.165, 1.54) is 11.0 Å². The zero-order valence-corrected chi connectivity index (χ0v) is 13.1. The normalized spacial score (nSPS) is 21.2. The number of hydrogen-bond donors (Lipinski definition) is 1. The molecule has 1 amide bonds. The number of amides is 1. The van der Waals surface area contributed by atoms with Gasteiger partial charge in [0.2, 0.25) is 0 Å². The van der Waals surface area contributed by atoms with E-state index >= 15 is 0 Å². The fourth-order valence-corrected chi connectivity index (χ4v) is 2.93. The zero-order chi connectivity index (χ0) is 15.7. The van der Waals surface area contributed by atoms with Gasteiger partial charge < -0.3 is 9.64 Å². The van der Waals surface area contributed by atoms with Crippen molar-refractivity contribution in [1.82, 2.24) is 29.9 Å². The molecule has 2 atom stereocenters. The Balaban J connectivity index is 1.69. The van der Waals surface area contributed by atoms with Crippen LogP contribution in [0.2, 0.25) is 5.02 Å². The molecule has 118 valence electrons. The molecular formula is C13H17ClN6O2. The van der Waals surface area contributed by atoms with Crippen molar-refractivity contribution in [3.05, 3.63) is 29.1 Å². The number of likely N-dealkylation sites (N-methyl/N-ethyl adjacent to an activating group) is 1. The van der Waals surface area contributed by atoms with E-state index in [0.717, 1.165) is 12.2 Å². The lowest BCUT2D eigenvalue weighted by atomic mass is 10.0. The highest BCUT2D eigenvalue weighted by molar-refractivity contribution is 6.33. The number of aryl methyl sites for hydroxylation is 1. The Morgan fingerprint density at radius 2 is 2.45 bits per heavy atom. The Hall–Kier alpha value is -1.93. The van der Waals surface area contributed by atoms with E-state index in [9.17, 15) is 4.79 Å². The molecule has 1 saturated heterocycles. The van der Waals surface area contributed by atoms with Gasteiger partial charge in [-0.2, -0.15) is 10.2 Å². The van der Waals surface area contributed by atoms with Crippen LogP contribution in [0, 0.1) is 0 Å². The van der Waals surface area contributed by atoms with Crippen LogP contribution in [-0.4, -0.2) is 62.1 Å². The maximum Gasteiger partial charge on any atom is 0.275 e. The van der Waals surface area contributed by atoms with Crippen LogP contribution in [0.5, 0.6) is 0 Å². The van der Waals surface area contributed by atoms with Crippen molar-refractivity contribution >= 4 is 17.5 Å². The van der Waals surface area contributed by atoms with Gasteiger partial charge in [0.1, 0.15) is 12.2 Å². The van der Waals surface area contributed by atoms with Gasteiger partial charge in [-0.3, -0.25) is 14.6 Å². The summed E-state index contributed by atoms with van der Waals surface area (Å²) < 4.78 is 7.26. The lowest BCUT2D eigenvalue weighted by molar-refractivity contribution is 0.0545. The highest BCUT2D eigenvalue weighted by atomic mass is 35.5. The van der Waals surface area contributed by atoms with Crippen LogP contribution in [0.25, 0.3) is 0 Å². The molecule has 0 aromatic carbocycles. The third-order valence-electron chi connectivity index (χ3n) is 3.78. The fourth-order valence-electron chi connectivity index (χ4n) is 2.67. The summed E-state index contributed by atoms with van der Waals surface area (Å²) in [5.41, 5.74) is 0.251. The van der Waals surface area contributed by atoms with Crippen LogP contribution in [0.3, 0.4) is 0 Å². The first-order valence-electron chi connectivity index (χ1n) is 6.97. The van der Waals surface area contributed by atoms with Crippen LogP contribution in [-0.2, 0) is 11.8 Å². The standard InChI is InChI=1S/C13H17ClN6O2/c1-19(13(21)11-9(14)5-20(2)18-11)6-10-8(3-4-22-10)12-15-7-16-17-12/h5,7-8,10H,3-4,6H2,1-2H3,(H,15,16,17)/t8-,10-/m1/s1. The Morgan fingerprint density at radius 3 is 3.09 bits per heavy atom. The average molecular weight is 325 g/mol. The number of nitrogens with one attached hydrogen (secondary N) is 1. The molecule has 2 aromatic rings. The Morgan fingerprint density at radius 1 is 1.64 bits per heavy atom. The summed E-state index contributed by atoms with van der Waals surface area (Å²) in [5, 5.41) is 11.2. The molecule has 0 spiro atoms. The second-order valence-electron chi connectivity index (χ2n) is 5.36. The minimum Gasteiger partial charge on any atom is -0.376 e. The average Bonchev–Trinajstić information content (AvgIpc) is 3.18. The van der Waals surface area contributed by atoms with Gasteiger partial charge in [0.05, 0.1) is 11.1 Å². The molecule has 1 N–H and O–H groups in total. The number of rotatable bonds is 4. The van der Waals surface area contributed by atoms with Gasteiger partial charge in [0, 0.05) is 39.4 Å². The van der Waals surface area contributed by atoms with Crippen LogP contribution in [0.15, 0.2) is 12.5 Å². The van der Waals surface area contributed by atoms with E-state index in [4.69, 9.17) is 16.3 Å². The van der Waals surface area contributed by atoms with Crippen molar-refractivity contribution in [3.63, 3.8) is 0 Å². The quantitative estimate of drug-likeness (QED) is 0.900. The van der Waals surface area contributed by atoms with Gasteiger partial charge in [-0.15, -0.1) is 0 Å². The second kappa shape index (κ2) is 6.05. The van der Waals surface area contributed by atoms with E-state index in [-0.39, 0.29) is 23.6 Å². The number of ether oxygens (including phenoxy) is 1. The SMILES string of the molecule is CN(C[C@H]1OCC[C@H]1c1ncn[nH]1)C(=O)c1nn(C)cc1Cl. The number of carbonyl (C=O) groups is 1. The van der Waals surface area contributed by atoms with Crippen LogP contribution < -0.4 is 0 Å². The minimum atomic E-state index is -0.225. The van der Waals surface area contributed by atoms with Crippen molar-refractivity contribution in [1.29, 1.82) is 0 Å². The van der Waals surface area contributed by atoms with Gasteiger partial charge in [0.25, 0.3) is 5.91 Å². The lowest BCUT2D eigenvalue weighted by Crippen LogP contribution is -2.36. The van der Waals surface area contributed by atoms with Gasteiger partial charge in [-0.05, 0) is 6.42 Å². The first-order valence-corrected chi connectivity index (χ1v) is 7.35.